The van der Waals surface area contributed by atoms with Crippen molar-refractivity contribution in [2.75, 3.05) is 24.7 Å². The number of aliphatic hydroxyl groups excluding tert-OH is 1. The highest BCUT2D eigenvalue weighted by molar-refractivity contribution is 7.15. The molecule has 0 amide bonds. The van der Waals surface area contributed by atoms with Gasteiger partial charge in [-0.25, -0.2) is 4.98 Å². The number of rotatable bonds is 2. The van der Waals surface area contributed by atoms with Gasteiger partial charge >= 0.3 is 0 Å². The highest BCUT2D eigenvalue weighted by Crippen LogP contribution is 2.30. The van der Waals surface area contributed by atoms with Gasteiger partial charge in [0.1, 0.15) is 0 Å². The van der Waals surface area contributed by atoms with E-state index in [0.717, 1.165) is 29.8 Å². The van der Waals surface area contributed by atoms with Crippen molar-refractivity contribution in [2.45, 2.75) is 26.0 Å². The van der Waals surface area contributed by atoms with E-state index < -0.39 is 0 Å². The number of nitrogens with zero attached hydrogens (tertiary/aromatic N) is 2. The molecule has 15 heavy (non-hydrogen) atoms. The van der Waals surface area contributed by atoms with Gasteiger partial charge in [0, 0.05) is 12.7 Å². The molecule has 1 aromatic heterocycles. The molecule has 1 N–H and O–H groups in total. The van der Waals surface area contributed by atoms with E-state index in [1.807, 2.05) is 0 Å². The summed E-state index contributed by atoms with van der Waals surface area (Å²) in [6.07, 6.45) is 1.74. The molecular formula is C10H16N2O2S. The Morgan fingerprint density at radius 1 is 1.67 bits per heavy atom. The normalized spacial score (nSPS) is 20.6. The largest absolute Gasteiger partial charge is 0.391 e. The molecule has 1 aromatic rings. The fourth-order valence-electron chi connectivity index (χ4n) is 1.71. The zero-order valence-corrected chi connectivity index (χ0v) is 9.88. The molecule has 84 valence electrons. The van der Waals surface area contributed by atoms with Gasteiger partial charge in [-0.1, -0.05) is 11.3 Å². The third kappa shape index (κ3) is 2.14. The van der Waals surface area contributed by atoms with Crippen molar-refractivity contribution in [3.05, 3.63) is 11.1 Å². The lowest BCUT2D eigenvalue weighted by atomic mass is 10.0. The number of hydrogen-bond acceptors (Lipinski definition) is 5. The summed E-state index contributed by atoms with van der Waals surface area (Å²) >= 11 is 1.55. The minimum atomic E-state index is -0.0111. The van der Waals surface area contributed by atoms with Gasteiger partial charge in [0.15, 0.2) is 5.13 Å². The number of morpholine rings is 1. The number of thiazole rings is 1. The molecular weight excluding hydrogens is 212 g/mol. The van der Waals surface area contributed by atoms with Gasteiger partial charge in [-0.05, 0) is 13.8 Å². The second-order valence-electron chi connectivity index (χ2n) is 4.28. The van der Waals surface area contributed by atoms with Crippen LogP contribution in [-0.2, 0) is 11.3 Å². The zero-order chi connectivity index (χ0) is 10.9. The van der Waals surface area contributed by atoms with Crippen LogP contribution in [0.25, 0.3) is 0 Å². The Morgan fingerprint density at radius 2 is 2.47 bits per heavy atom. The van der Waals surface area contributed by atoms with Crippen LogP contribution in [0.4, 0.5) is 5.13 Å². The highest BCUT2D eigenvalue weighted by Gasteiger charge is 2.32. The Morgan fingerprint density at radius 3 is 3.07 bits per heavy atom. The van der Waals surface area contributed by atoms with Crippen molar-refractivity contribution >= 4 is 16.5 Å². The van der Waals surface area contributed by atoms with Gasteiger partial charge in [0.2, 0.25) is 0 Å². The van der Waals surface area contributed by atoms with Crippen molar-refractivity contribution < 1.29 is 9.84 Å². The summed E-state index contributed by atoms with van der Waals surface area (Å²) in [5, 5.41) is 9.99. The number of anilines is 1. The SMILES string of the molecule is CC1(C)COCCN1c1ncc(CO)s1. The fraction of sp³-hybridized carbons (Fsp3) is 0.700. The predicted octanol–water partition coefficient (Wildman–Crippen LogP) is 1.25. The molecule has 1 saturated heterocycles. The zero-order valence-electron chi connectivity index (χ0n) is 9.06. The smallest absolute Gasteiger partial charge is 0.186 e. The molecule has 1 aliphatic rings. The minimum Gasteiger partial charge on any atom is -0.391 e. The first kappa shape index (κ1) is 10.9. The molecule has 2 rings (SSSR count). The van der Waals surface area contributed by atoms with Gasteiger partial charge in [0.05, 0.1) is 30.2 Å². The number of hydrogen-bond donors (Lipinski definition) is 1. The van der Waals surface area contributed by atoms with Gasteiger partial charge in [-0.3, -0.25) is 0 Å². The number of ether oxygens (including phenoxy) is 1. The molecule has 2 heterocycles. The summed E-state index contributed by atoms with van der Waals surface area (Å²) in [7, 11) is 0. The lowest BCUT2D eigenvalue weighted by Gasteiger charge is -2.41. The van der Waals surface area contributed by atoms with E-state index in [1.165, 1.54) is 0 Å². The quantitative estimate of drug-likeness (QED) is 0.827. The summed E-state index contributed by atoms with van der Waals surface area (Å²) in [6.45, 7) is 6.70. The predicted molar refractivity (Wildman–Crippen MR) is 60.3 cm³/mol. The minimum absolute atomic E-state index is 0.0111. The van der Waals surface area contributed by atoms with E-state index in [4.69, 9.17) is 9.84 Å². The summed E-state index contributed by atoms with van der Waals surface area (Å²) in [5.41, 5.74) is -0.0111. The Labute approximate surface area is 93.5 Å². The summed E-state index contributed by atoms with van der Waals surface area (Å²) < 4.78 is 5.46. The molecule has 0 aliphatic carbocycles. The maximum atomic E-state index is 9.01. The first-order valence-corrected chi connectivity index (χ1v) is 5.86. The van der Waals surface area contributed by atoms with E-state index in [0.29, 0.717) is 0 Å². The third-order valence-electron chi connectivity index (χ3n) is 2.57. The van der Waals surface area contributed by atoms with Gasteiger partial charge in [-0.15, -0.1) is 0 Å². The highest BCUT2D eigenvalue weighted by atomic mass is 32.1. The summed E-state index contributed by atoms with van der Waals surface area (Å²) in [5.74, 6) is 0. The van der Waals surface area contributed by atoms with Crippen LogP contribution in [0, 0.1) is 0 Å². The van der Waals surface area contributed by atoms with Gasteiger partial charge in [-0.2, -0.15) is 0 Å². The van der Waals surface area contributed by atoms with E-state index in [-0.39, 0.29) is 12.1 Å². The molecule has 0 saturated carbocycles. The molecule has 4 nitrogen and oxygen atoms in total. The molecule has 1 aliphatic heterocycles. The molecule has 0 unspecified atom stereocenters. The first-order chi connectivity index (χ1) is 7.13. The fourth-order valence-corrected chi connectivity index (χ4v) is 2.67. The van der Waals surface area contributed by atoms with Crippen molar-refractivity contribution in [1.82, 2.24) is 4.98 Å². The Bertz CT molecular complexity index is 338. The average molecular weight is 228 g/mol. The molecule has 0 radical (unpaired) electrons. The van der Waals surface area contributed by atoms with Gasteiger partial charge < -0.3 is 14.7 Å². The molecule has 1 fully saturated rings. The van der Waals surface area contributed by atoms with Crippen LogP contribution >= 0.6 is 11.3 Å². The molecule has 0 spiro atoms. The molecule has 0 aromatic carbocycles. The first-order valence-electron chi connectivity index (χ1n) is 5.04. The van der Waals surface area contributed by atoms with Crippen LogP contribution in [0.1, 0.15) is 18.7 Å². The monoisotopic (exact) mass is 228 g/mol. The standard InChI is InChI=1S/C10H16N2O2S/c1-10(2)7-14-4-3-12(10)9-11-5-8(6-13)15-9/h5,13H,3-4,6-7H2,1-2H3. The maximum Gasteiger partial charge on any atom is 0.186 e. The maximum absolute atomic E-state index is 9.01. The third-order valence-corrected chi connectivity index (χ3v) is 3.58. The summed E-state index contributed by atoms with van der Waals surface area (Å²) in [6, 6.07) is 0. The molecule has 0 bridgehead atoms. The average Bonchev–Trinajstić information content (AvgIpc) is 2.65. The Kier molecular flexibility index (Phi) is 2.95. The van der Waals surface area contributed by atoms with Crippen LogP contribution in [-0.4, -0.2) is 35.4 Å². The van der Waals surface area contributed by atoms with Gasteiger partial charge in [0.25, 0.3) is 0 Å². The second kappa shape index (κ2) is 4.08. The number of aliphatic hydroxyl groups is 1. The lowest BCUT2D eigenvalue weighted by molar-refractivity contribution is 0.0644. The Hall–Kier alpha value is -0.650. The van der Waals surface area contributed by atoms with E-state index in [1.54, 1.807) is 17.5 Å². The van der Waals surface area contributed by atoms with Crippen molar-refractivity contribution in [3.63, 3.8) is 0 Å². The topological polar surface area (TPSA) is 45.6 Å². The van der Waals surface area contributed by atoms with Crippen LogP contribution in [0.3, 0.4) is 0 Å². The lowest BCUT2D eigenvalue weighted by Crippen LogP contribution is -2.53. The number of aromatic nitrogens is 1. The van der Waals surface area contributed by atoms with E-state index in [2.05, 4.69) is 23.7 Å². The van der Waals surface area contributed by atoms with Crippen molar-refractivity contribution in [1.29, 1.82) is 0 Å². The van der Waals surface area contributed by atoms with Crippen LogP contribution in [0.5, 0.6) is 0 Å². The summed E-state index contributed by atoms with van der Waals surface area (Å²) in [4.78, 5) is 7.50. The molecule has 0 atom stereocenters. The van der Waals surface area contributed by atoms with E-state index >= 15 is 0 Å². The van der Waals surface area contributed by atoms with Crippen molar-refractivity contribution in [3.8, 4) is 0 Å². The van der Waals surface area contributed by atoms with Crippen LogP contribution in [0.15, 0.2) is 6.20 Å². The molecule has 5 heteroatoms. The van der Waals surface area contributed by atoms with Crippen LogP contribution in [0.2, 0.25) is 0 Å². The van der Waals surface area contributed by atoms with Crippen molar-refractivity contribution in [2.24, 2.45) is 0 Å². The van der Waals surface area contributed by atoms with E-state index in [9.17, 15) is 0 Å². The second-order valence-corrected chi connectivity index (χ2v) is 5.38. The Balaban J connectivity index is 2.21. The van der Waals surface area contributed by atoms with Crippen LogP contribution < -0.4 is 4.90 Å².